The van der Waals surface area contributed by atoms with Gasteiger partial charge in [-0.3, -0.25) is 8.71 Å². The predicted octanol–water partition coefficient (Wildman–Crippen LogP) is 0.971. The van der Waals surface area contributed by atoms with Crippen molar-refractivity contribution in [3.05, 3.63) is 0 Å². The molecule has 0 aromatic heterocycles. The normalized spacial score (nSPS) is 16.8. The molecule has 1 N–H and O–H groups in total. The van der Waals surface area contributed by atoms with Gasteiger partial charge in [-0.25, -0.2) is 4.57 Å². The molecular formula is C4H11FNO5PS. The van der Waals surface area contributed by atoms with Crippen molar-refractivity contribution in [2.75, 3.05) is 13.7 Å². The molecule has 0 fully saturated rings. The van der Waals surface area contributed by atoms with Crippen molar-refractivity contribution >= 4 is 18.1 Å². The Balaban J connectivity index is 4.26. The number of hydrogen-bond donors (Lipinski definition) is 1. The van der Waals surface area contributed by atoms with E-state index in [-0.39, 0.29) is 6.61 Å². The fourth-order valence-electron chi connectivity index (χ4n) is 0.406. The quantitative estimate of drug-likeness (QED) is 0.693. The molecular weight excluding hydrogens is 224 g/mol. The maximum absolute atomic E-state index is 12.7. The fraction of sp³-hybridized carbons (Fsp3) is 1.00. The van der Waals surface area contributed by atoms with Crippen LogP contribution in [0.4, 0.5) is 4.20 Å². The molecule has 13 heavy (non-hydrogen) atoms. The number of nitrogens with one attached hydrogen (secondary N) is 1. The number of rotatable bonds is 6. The summed E-state index contributed by atoms with van der Waals surface area (Å²) in [4.78, 5) is 0. The first-order chi connectivity index (χ1) is 5.83. The summed E-state index contributed by atoms with van der Waals surface area (Å²) in [5.41, 5.74) is 0. The zero-order valence-electron chi connectivity index (χ0n) is 7.19. The molecule has 9 heteroatoms. The maximum Gasteiger partial charge on any atom is 0.458 e. The van der Waals surface area contributed by atoms with Gasteiger partial charge in [0.25, 0.3) is 0 Å². The number of hydrogen-bond acceptors (Lipinski definition) is 5. The van der Waals surface area contributed by atoms with Gasteiger partial charge in [-0.1, -0.05) is 11.4 Å². The van der Waals surface area contributed by atoms with E-state index in [2.05, 4.69) is 8.71 Å². The van der Waals surface area contributed by atoms with Gasteiger partial charge in [-0.05, 0) is 6.42 Å². The molecule has 0 saturated heterocycles. The SMILES string of the molecule is CCCOP(=O)(F)NS(=O)(=O)OC. The fourth-order valence-corrected chi connectivity index (χ4v) is 2.40. The average molecular weight is 235 g/mol. The van der Waals surface area contributed by atoms with E-state index in [1.165, 1.54) is 0 Å². The Bertz CT molecular complexity index is 291. The standard InChI is InChI=1S/C4H11FNO5PS/c1-3-4-11-12(5,7)6-13(8,9)10-2/h3-4H2,1-2H3,(H,6,7). The van der Waals surface area contributed by atoms with E-state index in [1.54, 1.807) is 6.92 Å². The van der Waals surface area contributed by atoms with Gasteiger partial charge in [0, 0.05) is 0 Å². The van der Waals surface area contributed by atoms with Crippen molar-refractivity contribution in [2.45, 2.75) is 13.3 Å². The topological polar surface area (TPSA) is 81.7 Å². The molecule has 0 aromatic rings. The molecule has 0 heterocycles. The van der Waals surface area contributed by atoms with Crippen LogP contribution >= 0.6 is 7.83 Å². The van der Waals surface area contributed by atoms with Gasteiger partial charge in [0.05, 0.1) is 13.7 Å². The predicted molar refractivity (Wildman–Crippen MR) is 44.0 cm³/mol. The van der Waals surface area contributed by atoms with Crippen molar-refractivity contribution < 1.29 is 25.9 Å². The van der Waals surface area contributed by atoms with Gasteiger partial charge in [0.2, 0.25) is 0 Å². The van der Waals surface area contributed by atoms with E-state index in [0.29, 0.717) is 6.42 Å². The Morgan fingerprint density at radius 3 is 2.46 bits per heavy atom. The highest BCUT2D eigenvalue weighted by molar-refractivity contribution is 7.90. The minimum Gasteiger partial charge on any atom is -0.293 e. The summed E-state index contributed by atoms with van der Waals surface area (Å²) in [5, 5.41) is 0. The van der Waals surface area contributed by atoms with E-state index in [0.717, 1.165) is 11.6 Å². The Kier molecular flexibility index (Phi) is 5.01. The lowest BCUT2D eigenvalue weighted by Crippen LogP contribution is -2.21. The van der Waals surface area contributed by atoms with E-state index >= 15 is 0 Å². The number of halogens is 1. The van der Waals surface area contributed by atoms with Crippen molar-refractivity contribution in [2.24, 2.45) is 0 Å². The lowest BCUT2D eigenvalue weighted by molar-refractivity contribution is 0.281. The maximum atomic E-state index is 12.7. The lowest BCUT2D eigenvalue weighted by atomic mass is 10.5. The highest BCUT2D eigenvalue weighted by Crippen LogP contribution is 2.44. The molecule has 0 aromatic carbocycles. The average Bonchev–Trinajstić information content (AvgIpc) is 1.99. The van der Waals surface area contributed by atoms with Crippen molar-refractivity contribution in [1.82, 2.24) is 4.49 Å². The first-order valence-corrected chi connectivity index (χ1v) is 6.29. The summed E-state index contributed by atoms with van der Waals surface area (Å²) >= 11 is 0. The monoisotopic (exact) mass is 235 g/mol. The van der Waals surface area contributed by atoms with Gasteiger partial charge >= 0.3 is 18.1 Å². The van der Waals surface area contributed by atoms with Crippen LogP contribution in [0.1, 0.15) is 13.3 Å². The molecule has 0 rings (SSSR count). The van der Waals surface area contributed by atoms with Gasteiger partial charge in [-0.15, -0.1) is 4.20 Å². The van der Waals surface area contributed by atoms with Gasteiger partial charge in [0.1, 0.15) is 0 Å². The third-order valence-corrected chi connectivity index (χ3v) is 3.62. The van der Waals surface area contributed by atoms with Crippen LogP contribution in [-0.4, -0.2) is 22.1 Å². The van der Waals surface area contributed by atoms with Gasteiger partial charge < -0.3 is 0 Å². The van der Waals surface area contributed by atoms with Crippen molar-refractivity contribution in [3.8, 4) is 0 Å². The molecule has 0 spiro atoms. The molecule has 0 amide bonds. The molecule has 0 saturated carbocycles. The van der Waals surface area contributed by atoms with Crippen LogP contribution in [0.5, 0.6) is 0 Å². The van der Waals surface area contributed by atoms with E-state index in [1.807, 2.05) is 0 Å². The Morgan fingerprint density at radius 2 is 2.08 bits per heavy atom. The van der Waals surface area contributed by atoms with Crippen molar-refractivity contribution in [1.29, 1.82) is 0 Å². The Hall–Kier alpha value is -0.0100. The third-order valence-electron chi connectivity index (χ3n) is 0.902. The van der Waals surface area contributed by atoms with Crippen LogP contribution in [0.15, 0.2) is 0 Å². The summed E-state index contributed by atoms with van der Waals surface area (Å²) in [6.07, 6.45) is 0.419. The third kappa shape index (κ3) is 6.11. The molecule has 6 nitrogen and oxygen atoms in total. The molecule has 0 aliphatic rings. The second kappa shape index (κ2) is 5.02. The smallest absolute Gasteiger partial charge is 0.293 e. The van der Waals surface area contributed by atoms with E-state index in [9.17, 15) is 17.2 Å². The van der Waals surface area contributed by atoms with Crippen LogP contribution in [0.25, 0.3) is 0 Å². The summed E-state index contributed by atoms with van der Waals surface area (Å²) in [6.45, 7) is 1.52. The van der Waals surface area contributed by atoms with Crippen LogP contribution < -0.4 is 4.49 Å². The minimum atomic E-state index is -4.81. The largest absolute Gasteiger partial charge is 0.458 e. The van der Waals surface area contributed by atoms with Crippen LogP contribution in [0.3, 0.4) is 0 Å². The zero-order chi connectivity index (χ0) is 10.5. The summed E-state index contributed by atoms with van der Waals surface area (Å²) in [7, 11) is -8.32. The van der Waals surface area contributed by atoms with Crippen LogP contribution in [-0.2, 0) is 23.6 Å². The van der Waals surface area contributed by atoms with Gasteiger partial charge in [0.15, 0.2) is 0 Å². The minimum absolute atomic E-state index is 0.139. The molecule has 1 unspecified atom stereocenters. The molecule has 0 aliphatic heterocycles. The Morgan fingerprint density at radius 1 is 1.54 bits per heavy atom. The molecule has 80 valence electrons. The first-order valence-electron chi connectivity index (χ1n) is 3.37. The molecule has 0 aliphatic carbocycles. The van der Waals surface area contributed by atoms with Crippen LogP contribution in [0.2, 0.25) is 0 Å². The van der Waals surface area contributed by atoms with Crippen LogP contribution in [0, 0.1) is 0 Å². The molecule has 0 radical (unpaired) electrons. The first kappa shape index (κ1) is 13.0. The summed E-state index contributed by atoms with van der Waals surface area (Å²) in [6, 6.07) is 0. The van der Waals surface area contributed by atoms with Crippen molar-refractivity contribution in [3.63, 3.8) is 0 Å². The summed E-state index contributed by atoms with van der Waals surface area (Å²) < 4.78 is 53.6. The lowest BCUT2D eigenvalue weighted by Gasteiger charge is -2.09. The zero-order valence-corrected chi connectivity index (χ0v) is 8.90. The van der Waals surface area contributed by atoms with E-state index < -0.39 is 18.1 Å². The highest BCUT2D eigenvalue weighted by atomic mass is 32.2. The van der Waals surface area contributed by atoms with Gasteiger partial charge in [-0.2, -0.15) is 8.42 Å². The van der Waals surface area contributed by atoms with E-state index in [4.69, 9.17) is 0 Å². The Labute approximate surface area is 76.3 Å². The molecule has 1 atom stereocenters. The second-order valence-corrected chi connectivity index (χ2v) is 5.21. The second-order valence-electron chi connectivity index (χ2n) is 2.02. The summed E-state index contributed by atoms with van der Waals surface area (Å²) in [5.74, 6) is 0. The highest BCUT2D eigenvalue weighted by Gasteiger charge is 2.29. The molecule has 0 bridgehead atoms.